The molecule has 0 radical (unpaired) electrons. The van der Waals surface area contributed by atoms with E-state index in [-0.39, 0.29) is 0 Å². The minimum absolute atomic E-state index is 0.835. The van der Waals surface area contributed by atoms with Crippen LogP contribution in [0, 0.1) is 6.92 Å². The van der Waals surface area contributed by atoms with Crippen LogP contribution in [0.25, 0.3) is 0 Å². The van der Waals surface area contributed by atoms with Crippen molar-refractivity contribution in [1.82, 2.24) is 9.78 Å². The molecule has 0 aliphatic heterocycles. The van der Waals surface area contributed by atoms with Crippen LogP contribution in [-0.2, 0) is 13.6 Å². The van der Waals surface area contributed by atoms with Crippen molar-refractivity contribution in [3.8, 4) is 0 Å². The van der Waals surface area contributed by atoms with Crippen LogP contribution in [0.5, 0.6) is 0 Å². The van der Waals surface area contributed by atoms with Gasteiger partial charge in [0.15, 0.2) is 0 Å². The molecule has 0 fully saturated rings. The topological polar surface area (TPSA) is 29.9 Å². The molecule has 0 aliphatic rings. The average molecular weight is 201 g/mol. The van der Waals surface area contributed by atoms with Crippen LogP contribution < -0.4 is 5.32 Å². The van der Waals surface area contributed by atoms with E-state index in [4.69, 9.17) is 0 Å². The lowest BCUT2D eigenvalue weighted by atomic mass is 10.2. The maximum absolute atomic E-state index is 4.18. The summed E-state index contributed by atoms with van der Waals surface area (Å²) in [7, 11) is 1.94. The summed E-state index contributed by atoms with van der Waals surface area (Å²) >= 11 is 0. The summed E-state index contributed by atoms with van der Waals surface area (Å²) < 4.78 is 1.86. The van der Waals surface area contributed by atoms with Crippen molar-refractivity contribution in [2.75, 3.05) is 5.32 Å². The van der Waals surface area contributed by atoms with Gasteiger partial charge in [0.05, 0.1) is 6.20 Å². The molecule has 0 bridgehead atoms. The van der Waals surface area contributed by atoms with Gasteiger partial charge in [0.25, 0.3) is 0 Å². The Bertz CT molecular complexity index is 412. The third-order valence-electron chi connectivity index (χ3n) is 2.42. The van der Waals surface area contributed by atoms with E-state index in [1.54, 1.807) is 0 Å². The van der Waals surface area contributed by atoms with Gasteiger partial charge in [-0.15, -0.1) is 0 Å². The Balaban J connectivity index is 2.05. The molecule has 0 spiro atoms. The van der Waals surface area contributed by atoms with Crippen molar-refractivity contribution in [3.63, 3.8) is 0 Å². The number of rotatable bonds is 3. The molecule has 2 aromatic rings. The van der Waals surface area contributed by atoms with Crippen LogP contribution in [0.3, 0.4) is 0 Å². The molecular formula is C12H15N3. The molecule has 1 aromatic carbocycles. The third-order valence-corrected chi connectivity index (χ3v) is 2.42. The highest BCUT2D eigenvalue weighted by Crippen LogP contribution is 2.13. The lowest BCUT2D eigenvalue weighted by molar-refractivity contribution is 0.768. The van der Waals surface area contributed by atoms with Gasteiger partial charge in [0, 0.05) is 19.2 Å². The van der Waals surface area contributed by atoms with Crippen molar-refractivity contribution in [1.29, 1.82) is 0 Å². The fourth-order valence-electron chi connectivity index (χ4n) is 1.58. The Morgan fingerprint density at radius 1 is 1.27 bits per heavy atom. The lowest BCUT2D eigenvalue weighted by Gasteiger charge is -2.07. The fraction of sp³-hybridized carbons (Fsp3) is 0.250. The molecule has 2 rings (SSSR count). The normalized spacial score (nSPS) is 10.3. The van der Waals surface area contributed by atoms with Crippen molar-refractivity contribution in [3.05, 3.63) is 47.7 Å². The molecule has 0 saturated carbocycles. The molecule has 1 N–H and O–H groups in total. The molecule has 3 nitrogen and oxygen atoms in total. The minimum Gasteiger partial charge on any atom is -0.366 e. The number of nitrogens with zero attached hydrogens (tertiary/aromatic N) is 2. The molecule has 0 unspecified atom stereocenters. The summed E-state index contributed by atoms with van der Waals surface area (Å²) in [6, 6.07) is 10.3. The highest BCUT2D eigenvalue weighted by molar-refractivity contribution is 5.43. The number of nitrogens with one attached hydrogen (secondary N) is 1. The van der Waals surface area contributed by atoms with Crippen LogP contribution in [-0.4, -0.2) is 9.78 Å². The second-order valence-corrected chi connectivity index (χ2v) is 3.64. The first-order valence-electron chi connectivity index (χ1n) is 5.04. The van der Waals surface area contributed by atoms with E-state index in [1.165, 1.54) is 11.1 Å². The summed E-state index contributed by atoms with van der Waals surface area (Å²) in [5.41, 5.74) is 2.45. The van der Waals surface area contributed by atoms with E-state index in [0.29, 0.717) is 0 Å². The van der Waals surface area contributed by atoms with Crippen molar-refractivity contribution >= 4 is 5.82 Å². The van der Waals surface area contributed by atoms with E-state index >= 15 is 0 Å². The molecule has 78 valence electrons. The molecule has 15 heavy (non-hydrogen) atoms. The predicted octanol–water partition coefficient (Wildman–Crippen LogP) is 2.34. The number of benzene rings is 1. The van der Waals surface area contributed by atoms with Gasteiger partial charge in [0.1, 0.15) is 5.82 Å². The van der Waals surface area contributed by atoms with Gasteiger partial charge in [-0.2, -0.15) is 5.10 Å². The Hall–Kier alpha value is -1.77. The maximum atomic E-state index is 4.18. The zero-order valence-electron chi connectivity index (χ0n) is 9.07. The Morgan fingerprint density at radius 3 is 2.60 bits per heavy atom. The highest BCUT2D eigenvalue weighted by atomic mass is 15.3. The largest absolute Gasteiger partial charge is 0.366 e. The highest BCUT2D eigenvalue weighted by Gasteiger charge is 2.02. The van der Waals surface area contributed by atoms with Gasteiger partial charge in [0.2, 0.25) is 0 Å². The maximum Gasteiger partial charge on any atom is 0.127 e. The molecule has 0 amide bonds. The molecule has 3 heteroatoms. The number of aryl methyl sites for hydroxylation is 2. The van der Waals surface area contributed by atoms with Gasteiger partial charge in [-0.1, -0.05) is 30.3 Å². The average Bonchev–Trinajstić information content (AvgIpc) is 2.58. The summed E-state index contributed by atoms with van der Waals surface area (Å²) in [5, 5.41) is 7.56. The van der Waals surface area contributed by atoms with Crippen molar-refractivity contribution < 1.29 is 0 Å². The van der Waals surface area contributed by atoms with Gasteiger partial charge in [-0.3, -0.25) is 4.68 Å². The first kappa shape index (κ1) is 9.77. The van der Waals surface area contributed by atoms with E-state index in [1.807, 2.05) is 36.1 Å². The minimum atomic E-state index is 0.835. The van der Waals surface area contributed by atoms with Crippen LogP contribution in [0.4, 0.5) is 5.82 Å². The van der Waals surface area contributed by atoms with Gasteiger partial charge < -0.3 is 5.32 Å². The van der Waals surface area contributed by atoms with Crippen LogP contribution in [0.2, 0.25) is 0 Å². The summed E-state index contributed by atoms with van der Waals surface area (Å²) in [6.45, 7) is 2.89. The molecular weight excluding hydrogens is 186 g/mol. The van der Waals surface area contributed by atoms with E-state index in [9.17, 15) is 0 Å². The second-order valence-electron chi connectivity index (χ2n) is 3.64. The monoisotopic (exact) mass is 201 g/mol. The van der Waals surface area contributed by atoms with E-state index in [2.05, 4.69) is 29.5 Å². The second kappa shape index (κ2) is 4.17. The summed E-state index contributed by atoms with van der Waals surface area (Å²) in [5.74, 6) is 1.08. The van der Waals surface area contributed by atoms with Crippen LogP contribution in [0.15, 0.2) is 36.5 Å². The predicted molar refractivity (Wildman–Crippen MR) is 61.7 cm³/mol. The van der Waals surface area contributed by atoms with E-state index in [0.717, 1.165) is 12.4 Å². The standard InChI is InChI=1S/C12H15N3/c1-10-8-14-15(2)12(10)13-9-11-6-4-3-5-7-11/h3-8,13H,9H2,1-2H3. The fourth-order valence-corrected chi connectivity index (χ4v) is 1.58. The van der Waals surface area contributed by atoms with Crippen LogP contribution >= 0.6 is 0 Å². The van der Waals surface area contributed by atoms with E-state index < -0.39 is 0 Å². The van der Waals surface area contributed by atoms with Gasteiger partial charge in [-0.25, -0.2) is 0 Å². The quantitative estimate of drug-likeness (QED) is 0.826. The van der Waals surface area contributed by atoms with Crippen molar-refractivity contribution in [2.45, 2.75) is 13.5 Å². The smallest absolute Gasteiger partial charge is 0.127 e. The third kappa shape index (κ3) is 2.18. The molecule has 0 aliphatic carbocycles. The first-order chi connectivity index (χ1) is 7.27. The first-order valence-corrected chi connectivity index (χ1v) is 5.04. The lowest BCUT2D eigenvalue weighted by Crippen LogP contribution is -2.05. The zero-order chi connectivity index (χ0) is 10.7. The summed E-state index contributed by atoms with van der Waals surface area (Å²) in [4.78, 5) is 0. The number of anilines is 1. The summed E-state index contributed by atoms with van der Waals surface area (Å²) in [6.07, 6.45) is 1.87. The number of hydrogen-bond donors (Lipinski definition) is 1. The molecule has 1 heterocycles. The van der Waals surface area contributed by atoms with Gasteiger partial charge in [-0.05, 0) is 12.5 Å². The van der Waals surface area contributed by atoms with Crippen molar-refractivity contribution in [2.24, 2.45) is 7.05 Å². The molecule has 1 aromatic heterocycles. The van der Waals surface area contributed by atoms with Crippen LogP contribution in [0.1, 0.15) is 11.1 Å². The zero-order valence-corrected chi connectivity index (χ0v) is 9.07. The Labute approximate surface area is 89.7 Å². The Morgan fingerprint density at radius 2 is 2.00 bits per heavy atom. The number of hydrogen-bond acceptors (Lipinski definition) is 2. The van der Waals surface area contributed by atoms with Gasteiger partial charge >= 0.3 is 0 Å². The molecule has 0 saturated heterocycles. The number of aromatic nitrogens is 2. The SMILES string of the molecule is Cc1cnn(C)c1NCc1ccccc1. The Kier molecular flexibility index (Phi) is 2.72. The molecule has 0 atom stereocenters.